The molecule has 0 spiro atoms. The molecule has 2 N–H and O–H groups in total. The fourth-order valence-electron chi connectivity index (χ4n) is 2.76. The molecular weight excluding hydrogens is 348 g/mol. The number of quaternary nitrogens is 1. The highest BCUT2D eigenvalue weighted by Crippen LogP contribution is 2.19. The van der Waals surface area contributed by atoms with Crippen LogP contribution in [0.15, 0.2) is 52.5 Å². The monoisotopic (exact) mass is 371 g/mol. The fourth-order valence-corrected chi connectivity index (χ4v) is 3.67. The standard InChI is InChI=1S/C19H22N4O2S/c1-22(2)11-6-12-23-18(25)14-7-3-4-8-15(14)21-19(23)26-13-17(24)16-9-5-10-20-16/h3-5,7-10,20H,6,11-13H2,1-2H3/p+1. The first-order chi connectivity index (χ1) is 12.6. The van der Waals surface area contributed by atoms with E-state index in [9.17, 15) is 9.59 Å². The number of thioether (sulfide) groups is 1. The smallest absolute Gasteiger partial charge is 0.262 e. The second kappa shape index (κ2) is 8.33. The molecule has 3 aromatic rings. The highest BCUT2D eigenvalue weighted by molar-refractivity contribution is 7.99. The molecule has 3 rings (SSSR count). The van der Waals surface area contributed by atoms with E-state index in [-0.39, 0.29) is 17.1 Å². The minimum Gasteiger partial charge on any atom is -0.359 e. The summed E-state index contributed by atoms with van der Waals surface area (Å²) in [5, 5.41) is 1.21. The normalized spacial score (nSPS) is 11.3. The Labute approximate surface area is 156 Å². The van der Waals surface area contributed by atoms with E-state index in [0.29, 0.717) is 28.3 Å². The summed E-state index contributed by atoms with van der Waals surface area (Å²) in [5.41, 5.74) is 1.20. The summed E-state index contributed by atoms with van der Waals surface area (Å²) < 4.78 is 1.71. The van der Waals surface area contributed by atoms with Crippen LogP contribution in [0.4, 0.5) is 0 Å². The predicted octanol–water partition coefficient (Wildman–Crippen LogP) is 1.23. The summed E-state index contributed by atoms with van der Waals surface area (Å²) in [6, 6.07) is 10.9. The molecule has 136 valence electrons. The Hall–Kier alpha value is -2.38. The van der Waals surface area contributed by atoms with Gasteiger partial charge in [0.25, 0.3) is 5.56 Å². The summed E-state index contributed by atoms with van der Waals surface area (Å²) in [6.07, 6.45) is 2.60. The van der Waals surface area contributed by atoms with Crippen molar-refractivity contribution in [2.75, 3.05) is 26.4 Å². The Kier molecular flexibility index (Phi) is 5.90. The number of ketones is 1. The maximum atomic E-state index is 12.9. The highest BCUT2D eigenvalue weighted by atomic mass is 32.2. The molecule has 0 aliphatic carbocycles. The van der Waals surface area contributed by atoms with Gasteiger partial charge in [-0.3, -0.25) is 14.2 Å². The Morgan fingerprint density at radius 3 is 2.77 bits per heavy atom. The molecule has 0 amide bonds. The van der Waals surface area contributed by atoms with E-state index in [4.69, 9.17) is 0 Å². The number of benzene rings is 1. The molecule has 2 aromatic heterocycles. The molecular formula is C19H23N4O2S+. The molecule has 0 aliphatic rings. The second-order valence-electron chi connectivity index (χ2n) is 6.47. The lowest BCUT2D eigenvalue weighted by atomic mass is 10.2. The van der Waals surface area contributed by atoms with Crippen LogP contribution in [0.25, 0.3) is 10.9 Å². The van der Waals surface area contributed by atoms with Crippen LogP contribution in [-0.2, 0) is 6.54 Å². The number of fused-ring (bicyclic) bond motifs is 1. The lowest BCUT2D eigenvalue weighted by Crippen LogP contribution is -3.05. The Bertz CT molecular complexity index is 948. The molecule has 0 unspecified atom stereocenters. The molecule has 0 atom stereocenters. The first kappa shape index (κ1) is 18.4. The van der Waals surface area contributed by atoms with Gasteiger partial charge in [0.05, 0.1) is 43.0 Å². The molecule has 0 fully saturated rings. The average Bonchev–Trinajstić information content (AvgIpc) is 3.16. The SMILES string of the molecule is C[NH+](C)CCCn1c(SCC(=O)c2ccc[nH]2)nc2ccccc2c1=O. The van der Waals surface area contributed by atoms with Gasteiger partial charge in [-0.2, -0.15) is 0 Å². The Morgan fingerprint density at radius 2 is 2.04 bits per heavy atom. The molecule has 6 nitrogen and oxygen atoms in total. The number of H-pyrrole nitrogens is 1. The van der Waals surface area contributed by atoms with Crippen LogP contribution in [0.1, 0.15) is 16.9 Å². The van der Waals surface area contributed by atoms with Crippen LogP contribution in [-0.4, -0.2) is 46.7 Å². The number of aromatic nitrogens is 3. The van der Waals surface area contributed by atoms with Crippen LogP contribution in [0.3, 0.4) is 0 Å². The molecule has 0 saturated carbocycles. The number of carbonyl (C=O) groups is 1. The third-order valence-electron chi connectivity index (χ3n) is 4.12. The zero-order valence-corrected chi connectivity index (χ0v) is 15.8. The summed E-state index contributed by atoms with van der Waals surface area (Å²) in [4.78, 5) is 34.1. The van der Waals surface area contributed by atoms with Crippen LogP contribution in [0, 0.1) is 0 Å². The van der Waals surface area contributed by atoms with E-state index in [1.54, 1.807) is 29.0 Å². The molecule has 0 bridgehead atoms. The van der Waals surface area contributed by atoms with Gasteiger partial charge in [0.15, 0.2) is 10.9 Å². The van der Waals surface area contributed by atoms with E-state index >= 15 is 0 Å². The van der Waals surface area contributed by atoms with Gasteiger partial charge in [-0.1, -0.05) is 23.9 Å². The molecule has 2 heterocycles. The highest BCUT2D eigenvalue weighted by Gasteiger charge is 2.14. The lowest BCUT2D eigenvalue weighted by Gasteiger charge is -2.13. The van der Waals surface area contributed by atoms with E-state index in [1.165, 1.54) is 16.7 Å². The number of para-hydroxylation sites is 1. The fraction of sp³-hybridized carbons (Fsp3) is 0.316. The lowest BCUT2D eigenvalue weighted by molar-refractivity contribution is -0.858. The van der Waals surface area contributed by atoms with E-state index < -0.39 is 0 Å². The van der Waals surface area contributed by atoms with Gasteiger partial charge in [-0.15, -0.1) is 0 Å². The molecule has 0 radical (unpaired) electrons. The first-order valence-corrected chi connectivity index (χ1v) is 9.63. The predicted molar refractivity (Wildman–Crippen MR) is 104 cm³/mol. The summed E-state index contributed by atoms with van der Waals surface area (Å²) in [5.74, 6) is 0.233. The Morgan fingerprint density at radius 1 is 1.23 bits per heavy atom. The molecule has 26 heavy (non-hydrogen) atoms. The van der Waals surface area contributed by atoms with Crippen LogP contribution in [0.2, 0.25) is 0 Å². The second-order valence-corrected chi connectivity index (χ2v) is 7.42. The van der Waals surface area contributed by atoms with E-state index in [0.717, 1.165) is 13.0 Å². The van der Waals surface area contributed by atoms with E-state index in [2.05, 4.69) is 24.1 Å². The van der Waals surface area contributed by atoms with Crippen molar-refractivity contribution in [2.24, 2.45) is 0 Å². The van der Waals surface area contributed by atoms with Gasteiger partial charge in [0, 0.05) is 19.2 Å². The molecule has 0 aliphatic heterocycles. The molecule has 7 heteroatoms. The van der Waals surface area contributed by atoms with Gasteiger partial charge < -0.3 is 9.88 Å². The number of nitrogens with one attached hydrogen (secondary N) is 2. The number of carbonyl (C=O) groups excluding carboxylic acids is 1. The third-order valence-corrected chi connectivity index (χ3v) is 5.09. The minimum absolute atomic E-state index is 0.00769. The average molecular weight is 371 g/mol. The van der Waals surface area contributed by atoms with Gasteiger partial charge >= 0.3 is 0 Å². The first-order valence-electron chi connectivity index (χ1n) is 8.64. The number of nitrogens with zero attached hydrogens (tertiary/aromatic N) is 2. The number of rotatable bonds is 8. The van der Waals surface area contributed by atoms with Crippen LogP contribution >= 0.6 is 11.8 Å². The minimum atomic E-state index is -0.0424. The quantitative estimate of drug-likeness (QED) is 0.355. The van der Waals surface area contributed by atoms with Crippen molar-refractivity contribution in [1.29, 1.82) is 0 Å². The van der Waals surface area contributed by atoms with Crippen LogP contribution < -0.4 is 10.5 Å². The summed E-state index contributed by atoms with van der Waals surface area (Å²) in [7, 11) is 4.18. The van der Waals surface area contributed by atoms with Crippen molar-refractivity contribution in [2.45, 2.75) is 18.1 Å². The van der Waals surface area contributed by atoms with Crippen molar-refractivity contribution in [3.8, 4) is 0 Å². The van der Waals surface area contributed by atoms with E-state index in [1.807, 2.05) is 18.2 Å². The van der Waals surface area contributed by atoms with Crippen molar-refractivity contribution in [3.63, 3.8) is 0 Å². The van der Waals surface area contributed by atoms with Crippen molar-refractivity contribution in [3.05, 3.63) is 58.6 Å². The zero-order valence-electron chi connectivity index (χ0n) is 15.0. The number of Topliss-reactive ketones (excluding diaryl/α,β-unsaturated/α-hetero) is 1. The maximum Gasteiger partial charge on any atom is 0.262 e. The summed E-state index contributed by atoms with van der Waals surface area (Å²) >= 11 is 1.32. The number of hydrogen-bond acceptors (Lipinski definition) is 4. The molecule has 0 saturated heterocycles. The van der Waals surface area contributed by atoms with Gasteiger partial charge in [-0.25, -0.2) is 4.98 Å². The number of aromatic amines is 1. The number of hydrogen-bond donors (Lipinski definition) is 2. The largest absolute Gasteiger partial charge is 0.359 e. The Balaban J connectivity index is 1.88. The van der Waals surface area contributed by atoms with Crippen molar-refractivity contribution >= 4 is 28.4 Å². The summed E-state index contributed by atoms with van der Waals surface area (Å²) in [6.45, 7) is 1.56. The third kappa shape index (κ3) is 4.23. The topological polar surface area (TPSA) is 72.2 Å². The maximum absolute atomic E-state index is 12.9. The van der Waals surface area contributed by atoms with Crippen molar-refractivity contribution in [1.82, 2.24) is 14.5 Å². The molecule has 1 aromatic carbocycles. The van der Waals surface area contributed by atoms with Crippen LogP contribution in [0.5, 0.6) is 0 Å². The van der Waals surface area contributed by atoms with Gasteiger partial charge in [-0.05, 0) is 24.3 Å². The van der Waals surface area contributed by atoms with Gasteiger partial charge in [0.1, 0.15) is 0 Å². The van der Waals surface area contributed by atoms with Gasteiger partial charge in [0.2, 0.25) is 0 Å². The van der Waals surface area contributed by atoms with Crippen molar-refractivity contribution < 1.29 is 9.69 Å². The zero-order chi connectivity index (χ0) is 18.5.